The van der Waals surface area contributed by atoms with E-state index in [2.05, 4.69) is 16.1 Å². The Balaban J connectivity index is 1.85. The molecule has 0 atom stereocenters. The lowest BCUT2D eigenvalue weighted by atomic mass is 10.2. The summed E-state index contributed by atoms with van der Waals surface area (Å²) in [7, 11) is 0. The standard InChI is InChI=1S/C13H14N2O2/c1-10-8-11(14-17-10)9-15-6-7-16-13-5-3-2-4-12(13)15/h2-5,8H,6-7,9H2,1H3. The molecular formula is C13H14N2O2. The van der Waals surface area contributed by atoms with Gasteiger partial charge in [0.15, 0.2) is 0 Å². The van der Waals surface area contributed by atoms with E-state index in [1.54, 1.807) is 0 Å². The highest BCUT2D eigenvalue weighted by Gasteiger charge is 2.18. The largest absolute Gasteiger partial charge is 0.490 e. The molecule has 1 aromatic carbocycles. The maximum atomic E-state index is 5.61. The molecule has 17 heavy (non-hydrogen) atoms. The van der Waals surface area contributed by atoms with Crippen LogP contribution in [0, 0.1) is 6.92 Å². The molecule has 4 heteroatoms. The number of ether oxygens (including phenoxy) is 1. The maximum Gasteiger partial charge on any atom is 0.142 e. The van der Waals surface area contributed by atoms with Gasteiger partial charge >= 0.3 is 0 Å². The molecule has 1 aliphatic heterocycles. The summed E-state index contributed by atoms with van der Waals surface area (Å²) in [5.41, 5.74) is 2.08. The molecule has 1 aromatic heterocycles. The molecule has 0 N–H and O–H groups in total. The number of benzene rings is 1. The minimum absolute atomic E-state index is 0.716. The summed E-state index contributed by atoms with van der Waals surface area (Å²) in [5.74, 6) is 1.79. The van der Waals surface area contributed by atoms with Crippen LogP contribution in [-0.4, -0.2) is 18.3 Å². The first-order valence-corrected chi connectivity index (χ1v) is 5.72. The van der Waals surface area contributed by atoms with E-state index in [-0.39, 0.29) is 0 Å². The number of aromatic nitrogens is 1. The van der Waals surface area contributed by atoms with Crippen molar-refractivity contribution in [2.45, 2.75) is 13.5 Å². The topological polar surface area (TPSA) is 38.5 Å². The van der Waals surface area contributed by atoms with Crippen molar-refractivity contribution in [1.29, 1.82) is 0 Å². The first-order chi connectivity index (χ1) is 8.33. The molecule has 0 saturated heterocycles. The Morgan fingerprint density at radius 1 is 1.35 bits per heavy atom. The van der Waals surface area contributed by atoms with Crippen molar-refractivity contribution < 1.29 is 9.26 Å². The van der Waals surface area contributed by atoms with Crippen LogP contribution < -0.4 is 9.64 Å². The van der Waals surface area contributed by atoms with Gasteiger partial charge in [0.1, 0.15) is 23.8 Å². The highest BCUT2D eigenvalue weighted by atomic mass is 16.5. The zero-order chi connectivity index (χ0) is 11.7. The molecule has 2 heterocycles. The second-order valence-electron chi connectivity index (χ2n) is 4.17. The van der Waals surface area contributed by atoms with Crippen molar-refractivity contribution in [3.8, 4) is 5.75 Å². The number of hydrogen-bond acceptors (Lipinski definition) is 4. The van der Waals surface area contributed by atoms with Crippen molar-refractivity contribution in [3.05, 3.63) is 41.8 Å². The molecule has 0 aliphatic carbocycles. The molecule has 0 radical (unpaired) electrons. The summed E-state index contributed by atoms with van der Waals surface area (Å²) in [6.45, 7) is 4.26. The van der Waals surface area contributed by atoms with E-state index in [0.717, 1.165) is 36.0 Å². The first kappa shape index (κ1) is 10.2. The van der Waals surface area contributed by atoms with E-state index in [1.807, 2.05) is 31.2 Å². The van der Waals surface area contributed by atoms with E-state index < -0.39 is 0 Å². The lowest BCUT2D eigenvalue weighted by Gasteiger charge is -2.30. The zero-order valence-electron chi connectivity index (χ0n) is 9.72. The Morgan fingerprint density at radius 2 is 2.24 bits per heavy atom. The van der Waals surface area contributed by atoms with Crippen LogP contribution in [0.25, 0.3) is 0 Å². The fraction of sp³-hybridized carbons (Fsp3) is 0.308. The van der Waals surface area contributed by atoms with Crippen molar-refractivity contribution in [2.75, 3.05) is 18.1 Å². The number of aryl methyl sites for hydroxylation is 1. The Morgan fingerprint density at radius 3 is 3.06 bits per heavy atom. The monoisotopic (exact) mass is 230 g/mol. The van der Waals surface area contributed by atoms with Gasteiger partial charge in [-0.1, -0.05) is 17.3 Å². The Kier molecular flexibility index (Phi) is 2.48. The number of nitrogens with zero attached hydrogens (tertiary/aromatic N) is 2. The predicted octanol–water partition coefficient (Wildman–Crippen LogP) is 2.38. The fourth-order valence-electron chi connectivity index (χ4n) is 2.08. The van der Waals surface area contributed by atoms with Crippen LogP contribution in [0.1, 0.15) is 11.5 Å². The molecule has 2 aromatic rings. The van der Waals surface area contributed by atoms with Crippen molar-refractivity contribution >= 4 is 5.69 Å². The van der Waals surface area contributed by atoms with E-state index in [9.17, 15) is 0 Å². The predicted molar refractivity (Wildman–Crippen MR) is 64.2 cm³/mol. The quantitative estimate of drug-likeness (QED) is 0.794. The normalized spacial score (nSPS) is 14.3. The molecular weight excluding hydrogens is 216 g/mol. The van der Waals surface area contributed by atoms with Gasteiger partial charge < -0.3 is 14.2 Å². The molecule has 4 nitrogen and oxygen atoms in total. The third-order valence-electron chi connectivity index (χ3n) is 2.85. The van der Waals surface area contributed by atoms with Gasteiger partial charge in [-0.05, 0) is 19.1 Å². The molecule has 0 unspecified atom stereocenters. The molecule has 0 bridgehead atoms. The SMILES string of the molecule is Cc1cc(CN2CCOc3ccccc32)no1. The van der Waals surface area contributed by atoms with E-state index in [1.165, 1.54) is 0 Å². The highest BCUT2D eigenvalue weighted by molar-refractivity contribution is 5.59. The van der Waals surface area contributed by atoms with E-state index in [0.29, 0.717) is 6.61 Å². The summed E-state index contributed by atoms with van der Waals surface area (Å²) in [5, 5.41) is 4.03. The number of anilines is 1. The van der Waals surface area contributed by atoms with Crippen LogP contribution >= 0.6 is 0 Å². The maximum absolute atomic E-state index is 5.61. The van der Waals surface area contributed by atoms with Crippen LogP contribution in [0.3, 0.4) is 0 Å². The lowest BCUT2D eigenvalue weighted by molar-refractivity contribution is 0.305. The Labute approximate surface area is 99.8 Å². The fourth-order valence-corrected chi connectivity index (χ4v) is 2.08. The van der Waals surface area contributed by atoms with Gasteiger partial charge in [0.2, 0.25) is 0 Å². The number of hydrogen-bond donors (Lipinski definition) is 0. The smallest absolute Gasteiger partial charge is 0.142 e. The average Bonchev–Trinajstić information content (AvgIpc) is 2.75. The molecule has 3 rings (SSSR count). The van der Waals surface area contributed by atoms with E-state index >= 15 is 0 Å². The first-order valence-electron chi connectivity index (χ1n) is 5.72. The minimum atomic E-state index is 0.716. The molecule has 1 aliphatic rings. The van der Waals surface area contributed by atoms with Crippen LogP contribution in [0.5, 0.6) is 5.75 Å². The lowest BCUT2D eigenvalue weighted by Crippen LogP contribution is -2.32. The molecule has 0 saturated carbocycles. The number of rotatable bonds is 2. The van der Waals surface area contributed by atoms with Crippen molar-refractivity contribution in [3.63, 3.8) is 0 Å². The van der Waals surface area contributed by atoms with Crippen LogP contribution in [0.15, 0.2) is 34.9 Å². The summed E-state index contributed by atoms with van der Waals surface area (Å²) in [6, 6.07) is 10.0. The zero-order valence-corrected chi connectivity index (χ0v) is 9.72. The minimum Gasteiger partial charge on any atom is -0.490 e. The third-order valence-corrected chi connectivity index (χ3v) is 2.85. The van der Waals surface area contributed by atoms with Gasteiger partial charge in [0, 0.05) is 6.07 Å². The van der Waals surface area contributed by atoms with Gasteiger partial charge in [-0.2, -0.15) is 0 Å². The summed E-state index contributed by atoms with van der Waals surface area (Å²) in [6.07, 6.45) is 0. The van der Waals surface area contributed by atoms with Crippen LogP contribution in [0.4, 0.5) is 5.69 Å². The number of para-hydroxylation sites is 2. The van der Waals surface area contributed by atoms with Crippen LogP contribution in [-0.2, 0) is 6.54 Å². The molecule has 0 fully saturated rings. The Hall–Kier alpha value is -1.97. The van der Waals surface area contributed by atoms with Gasteiger partial charge in [-0.15, -0.1) is 0 Å². The van der Waals surface area contributed by atoms with Crippen molar-refractivity contribution in [2.24, 2.45) is 0 Å². The Bertz CT molecular complexity index is 522. The van der Waals surface area contributed by atoms with Crippen LogP contribution in [0.2, 0.25) is 0 Å². The second-order valence-corrected chi connectivity index (χ2v) is 4.17. The highest BCUT2D eigenvalue weighted by Crippen LogP contribution is 2.31. The third kappa shape index (κ3) is 1.98. The van der Waals surface area contributed by atoms with Crippen molar-refractivity contribution in [1.82, 2.24) is 5.16 Å². The summed E-state index contributed by atoms with van der Waals surface area (Å²) >= 11 is 0. The summed E-state index contributed by atoms with van der Waals surface area (Å²) < 4.78 is 10.7. The molecule has 0 spiro atoms. The van der Waals surface area contributed by atoms with Gasteiger partial charge in [-0.3, -0.25) is 0 Å². The van der Waals surface area contributed by atoms with Gasteiger partial charge in [0.25, 0.3) is 0 Å². The van der Waals surface area contributed by atoms with Gasteiger partial charge in [0.05, 0.1) is 18.8 Å². The van der Waals surface area contributed by atoms with Gasteiger partial charge in [-0.25, -0.2) is 0 Å². The number of fused-ring (bicyclic) bond motifs is 1. The van der Waals surface area contributed by atoms with E-state index in [4.69, 9.17) is 9.26 Å². The summed E-state index contributed by atoms with van der Waals surface area (Å²) in [4.78, 5) is 2.26. The molecule has 0 amide bonds. The molecule has 88 valence electrons. The average molecular weight is 230 g/mol. The second kappa shape index (κ2) is 4.13.